The molecule has 114 valence electrons. The van der Waals surface area contributed by atoms with Crippen molar-refractivity contribution < 1.29 is 19.8 Å². The Morgan fingerprint density at radius 2 is 1.90 bits per heavy atom. The Labute approximate surface area is 123 Å². The smallest absolute Gasteiger partial charge is 0.326 e. The van der Waals surface area contributed by atoms with Gasteiger partial charge in [-0.1, -0.05) is 12.1 Å². The molecule has 1 atom stereocenters. The number of aliphatic carboxylic acids is 1. The van der Waals surface area contributed by atoms with E-state index in [0.29, 0.717) is 5.92 Å². The van der Waals surface area contributed by atoms with Crippen molar-refractivity contribution in [1.29, 1.82) is 0 Å². The molecule has 2 rings (SSSR count). The minimum Gasteiger partial charge on any atom is -0.508 e. The number of carboxylic acids is 1. The molecule has 0 radical (unpaired) electrons. The van der Waals surface area contributed by atoms with Gasteiger partial charge in [-0.15, -0.1) is 0 Å². The second-order valence-electron chi connectivity index (χ2n) is 5.40. The number of rotatable bonds is 8. The van der Waals surface area contributed by atoms with E-state index in [-0.39, 0.29) is 24.6 Å². The molecule has 0 aromatic heterocycles. The van der Waals surface area contributed by atoms with Crippen LogP contribution in [0.3, 0.4) is 0 Å². The van der Waals surface area contributed by atoms with Gasteiger partial charge in [-0.2, -0.15) is 0 Å². The lowest BCUT2D eigenvalue weighted by Gasteiger charge is -2.15. The van der Waals surface area contributed by atoms with Crippen LogP contribution in [0.4, 0.5) is 0 Å². The molecule has 4 N–H and O–H groups in total. The molecule has 1 fully saturated rings. The van der Waals surface area contributed by atoms with Crippen molar-refractivity contribution in [2.24, 2.45) is 5.92 Å². The van der Waals surface area contributed by atoms with Gasteiger partial charge in [-0.3, -0.25) is 4.79 Å². The van der Waals surface area contributed by atoms with Crippen LogP contribution in [0.15, 0.2) is 24.3 Å². The van der Waals surface area contributed by atoms with Gasteiger partial charge < -0.3 is 20.8 Å². The van der Waals surface area contributed by atoms with E-state index in [1.165, 1.54) is 25.0 Å². The van der Waals surface area contributed by atoms with Crippen LogP contribution in [0.1, 0.15) is 18.4 Å². The molecule has 0 aliphatic heterocycles. The van der Waals surface area contributed by atoms with Crippen molar-refractivity contribution in [2.75, 3.05) is 13.1 Å². The Balaban J connectivity index is 1.81. The van der Waals surface area contributed by atoms with Crippen LogP contribution in [-0.2, 0) is 16.0 Å². The van der Waals surface area contributed by atoms with Gasteiger partial charge in [0.05, 0.1) is 6.54 Å². The molecule has 1 aromatic rings. The molecular formula is C15H20N2O4. The van der Waals surface area contributed by atoms with Crippen LogP contribution in [-0.4, -0.2) is 41.2 Å². The minimum atomic E-state index is -1.07. The molecule has 1 aliphatic carbocycles. The van der Waals surface area contributed by atoms with Crippen molar-refractivity contribution >= 4 is 11.9 Å². The SMILES string of the molecule is O=C(CNCC1CC1)N[C@H](Cc1ccc(O)cc1)C(=O)O. The predicted molar refractivity (Wildman–Crippen MR) is 77.0 cm³/mol. The maximum absolute atomic E-state index is 11.7. The topological polar surface area (TPSA) is 98.7 Å². The first-order valence-corrected chi connectivity index (χ1v) is 7.05. The molecule has 1 aromatic carbocycles. The quantitative estimate of drug-likeness (QED) is 0.559. The second kappa shape index (κ2) is 7.08. The number of carboxylic acid groups (broad SMARTS) is 1. The first-order valence-electron chi connectivity index (χ1n) is 7.05. The second-order valence-corrected chi connectivity index (χ2v) is 5.40. The van der Waals surface area contributed by atoms with Crippen LogP contribution < -0.4 is 10.6 Å². The van der Waals surface area contributed by atoms with Gasteiger partial charge in [-0.25, -0.2) is 4.79 Å². The van der Waals surface area contributed by atoms with Gasteiger partial charge in [0.15, 0.2) is 0 Å². The zero-order valence-electron chi connectivity index (χ0n) is 11.7. The fraction of sp³-hybridized carbons (Fsp3) is 0.467. The summed E-state index contributed by atoms with van der Waals surface area (Å²) in [6, 6.07) is 5.30. The molecule has 1 saturated carbocycles. The molecule has 0 unspecified atom stereocenters. The summed E-state index contributed by atoms with van der Waals surface area (Å²) in [5, 5.41) is 23.9. The summed E-state index contributed by atoms with van der Waals surface area (Å²) in [4.78, 5) is 22.9. The molecule has 6 heteroatoms. The number of carbonyl (C=O) groups excluding carboxylic acids is 1. The van der Waals surface area contributed by atoms with Gasteiger partial charge in [0.25, 0.3) is 0 Å². The van der Waals surface area contributed by atoms with Crippen molar-refractivity contribution in [3.8, 4) is 5.75 Å². The number of benzene rings is 1. The van der Waals surface area contributed by atoms with Gasteiger partial charge in [-0.05, 0) is 43.0 Å². The van der Waals surface area contributed by atoms with E-state index in [2.05, 4.69) is 10.6 Å². The molecule has 21 heavy (non-hydrogen) atoms. The Morgan fingerprint density at radius 3 is 2.48 bits per heavy atom. The molecule has 0 spiro atoms. The maximum Gasteiger partial charge on any atom is 0.326 e. The Morgan fingerprint density at radius 1 is 1.24 bits per heavy atom. The van der Waals surface area contributed by atoms with Crippen molar-refractivity contribution in [3.63, 3.8) is 0 Å². The summed E-state index contributed by atoms with van der Waals surface area (Å²) in [5.41, 5.74) is 0.742. The summed E-state index contributed by atoms with van der Waals surface area (Å²) in [6.45, 7) is 0.943. The number of hydrogen-bond acceptors (Lipinski definition) is 4. The monoisotopic (exact) mass is 292 g/mol. The normalized spacial score (nSPS) is 15.4. The maximum atomic E-state index is 11.7. The molecule has 1 aliphatic rings. The minimum absolute atomic E-state index is 0.124. The number of phenols is 1. The van der Waals surface area contributed by atoms with Crippen LogP contribution in [0.5, 0.6) is 5.75 Å². The summed E-state index contributed by atoms with van der Waals surface area (Å²) in [7, 11) is 0. The fourth-order valence-electron chi connectivity index (χ4n) is 2.02. The lowest BCUT2D eigenvalue weighted by atomic mass is 10.1. The number of phenolic OH excluding ortho intramolecular Hbond substituents is 1. The van der Waals surface area contributed by atoms with E-state index in [9.17, 15) is 19.8 Å². The average Bonchev–Trinajstić information content (AvgIpc) is 3.24. The van der Waals surface area contributed by atoms with Gasteiger partial charge in [0, 0.05) is 6.42 Å². The van der Waals surface area contributed by atoms with E-state index in [0.717, 1.165) is 12.1 Å². The number of carbonyl (C=O) groups is 2. The highest BCUT2D eigenvalue weighted by atomic mass is 16.4. The zero-order valence-corrected chi connectivity index (χ0v) is 11.7. The predicted octanol–water partition coefficient (Wildman–Crippen LogP) is 0.504. The van der Waals surface area contributed by atoms with Crippen LogP contribution >= 0.6 is 0 Å². The van der Waals surface area contributed by atoms with Crippen molar-refractivity contribution in [2.45, 2.75) is 25.3 Å². The number of aromatic hydroxyl groups is 1. The van der Waals surface area contributed by atoms with Gasteiger partial charge in [0.2, 0.25) is 5.91 Å². The third kappa shape index (κ3) is 5.43. The highest BCUT2D eigenvalue weighted by Crippen LogP contribution is 2.27. The van der Waals surface area contributed by atoms with Crippen LogP contribution in [0.25, 0.3) is 0 Å². The summed E-state index contributed by atoms with van der Waals surface area (Å²) >= 11 is 0. The third-order valence-corrected chi connectivity index (χ3v) is 3.42. The van der Waals surface area contributed by atoms with Crippen molar-refractivity contribution in [3.05, 3.63) is 29.8 Å². The molecule has 0 saturated heterocycles. The highest BCUT2D eigenvalue weighted by Gasteiger charge is 2.22. The number of nitrogens with one attached hydrogen (secondary N) is 2. The lowest BCUT2D eigenvalue weighted by molar-refractivity contribution is -0.141. The van der Waals surface area contributed by atoms with Gasteiger partial charge >= 0.3 is 5.97 Å². The molecule has 0 heterocycles. The zero-order chi connectivity index (χ0) is 15.2. The Kier molecular flexibility index (Phi) is 5.16. The Hall–Kier alpha value is -2.08. The number of amides is 1. The van der Waals surface area contributed by atoms with E-state index >= 15 is 0 Å². The van der Waals surface area contributed by atoms with E-state index in [4.69, 9.17) is 0 Å². The molecular weight excluding hydrogens is 272 g/mol. The lowest BCUT2D eigenvalue weighted by Crippen LogP contribution is -2.46. The first kappa shape index (κ1) is 15.3. The molecule has 6 nitrogen and oxygen atoms in total. The largest absolute Gasteiger partial charge is 0.508 e. The first-order chi connectivity index (χ1) is 10.0. The van der Waals surface area contributed by atoms with E-state index in [1.54, 1.807) is 12.1 Å². The Bertz CT molecular complexity index is 497. The summed E-state index contributed by atoms with van der Waals surface area (Å²) in [5.74, 6) is -0.593. The fourth-order valence-corrected chi connectivity index (χ4v) is 2.02. The van der Waals surface area contributed by atoms with E-state index in [1.807, 2.05) is 0 Å². The summed E-state index contributed by atoms with van der Waals surface area (Å²) < 4.78 is 0. The van der Waals surface area contributed by atoms with Crippen LogP contribution in [0.2, 0.25) is 0 Å². The highest BCUT2D eigenvalue weighted by molar-refractivity contribution is 5.84. The van der Waals surface area contributed by atoms with Crippen molar-refractivity contribution in [1.82, 2.24) is 10.6 Å². The standard InChI is InChI=1S/C15H20N2O4/c18-12-5-3-10(4-6-12)7-13(15(20)21)17-14(19)9-16-8-11-1-2-11/h3-6,11,13,16,18H,1-2,7-9H2,(H,17,19)(H,20,21)/t13-/m1/s1. The average molecular weight is 292 g/mol. The summed E-state index contributed by atoms with van der Waals surface area (Å²) in [6.07, 6.45) is 2.59. The van der Waals surface area contributed by atoms with Gasteiger partial charge in [0.1, 0.15) is 11.8 Å². The van der Waals surface area contributed by atoms with Crippen LogP contribution in [0, 0.1) is 5.92 Å². The number of hydrogen-bond donors (Lipinski definition) is 4. The third-order valence-electron chi connectivity index (χ3n) is 3.42. The van der Waals surface area contributed by atoms with E-state index < -0.39 is 12.0 Å². The molecule has 1 amide bonds. The molecule has 0 bridgehead atoms.